The molecule has 1 fully saturated rings. The number of hydrogen-bond donors (Lipinski definition) is 2. The van der Waals surface area contributed by atoms with Crippen LogP contribution in [0.4, 0.5) is 0 Å². The van der Waals surface area contributed by atoms with Crippen molar-refractivity contribution >= 4 is 41.3 Å². The Hall–Kier alpha value is -1.98. The van der Waals surface area contributed by atoms with E-state index in [4.69, 9.17) is 4.99 Å². The number of halogens is 1. The average molecular weight is 566 g/mol. The van der Waals surface area contributed by atoms with Crippen molar-refractivity contribution in [3.05, 3.63) is 70.4 Å². The van der Waals surface area contributed by atoms with Crippen molar-refractivity contribution in [1.29, 1.82) is 0 Å². The molecule has 32 heavy (non-hydrogen) atoms. The molecule has 0 aliphatic carbocycles. The molecule has 4 rings (SSSR count). The van der Waals surface area contributed by atoms with Crippen molar-refractivity contribution in [3.8, 4) is 0 Å². The van der Waals surface area contributed by atoms with Crippen LogP contribution < -0.4 is 10.6 Å². The standard InChI is InChI=1S/C23H31N7S.HI/c1-2-25-23(27-15-21(22-9-6-12-31-22)29-10-3-4-11-29)26-14-19-7-5-8-20(13-19)16-30-18-24-17-28-30;/h5-9,12-13,17-18,21H,2-4,10-11,14-16H2,1H3,(H2,25,26,27);1H. The molecule has 3 heterocycles. The monoisotopic (exact) mass is 565 g/mol. The molecule has 1 atom stereocenters. The van der Waals surface area contributed by atoms with E-state index < -0.39 is 0 Å². The summed E-state index contributed by atoms with van der Waals surface area (Å²) in [5.74, 6) is 0.866. The molecule has 1 aliphatic heterocycles. The van der Waals surface area contributed by atoms with Crippen molar-refractivity contribution in [2.75, 3.05) is 26.2 Å². The van der Waals surface area contributed by atoms with Gasteiger partial charge in [-0.3, -0.25) is 4.90 Å². The van der Waals surface area contributed by atoms with Gasteiger partial charge < -0.3 is 10.6 Å². The minimum atomic E-state index is 0. The summed E-state index contributed by atoms with van der Waals surface area (Å²) in [5, 5.41) is 13.3. The van der Waals surface area contributed by atoms with E-state index in [2.05, 4.69) is 74.3 Å². The highest BCUT2D eigenvalue weighted by atomic mass is 127. The third kappa shape index (κ3) is 7.01. The van der Waals surface area contributed by atoms with E-state index >= 15 is 0 Å². The minimum Gasteiger partial charge on any atom is -0.357 e. The summed E-state index contributed by atoms with van der Waals surface area (Å²) >= 11 is 1.84. The number of guanidine groups is 1. The Bertz CT molecular complexity index is 937. The minimum absolute atomic E-state index is 0. The van der Waals surface area contributed by atoms with Crippen LogP contribution in [0.15, 0.2) is 59.4 Å². The Morgan fingerprint density at radius 2 is 2.00 bits per heavy atom. The molecule has 1 unspecified atom stereocenters. The van der Waals surface area contributed by atoms with Gasteiger partial charge in [0.25, 0.3) is 0 Å². The summed E-state index contributed by atoms with van der Waals surface area (Å²) in [6.45, 7) is 7.51. The second kappa shape index (κ2) is 12.9. The van der Waals surface area contributed by atoms with Crippen LogP contribution in [-0.4, -0.2) is 51.8 Å². The number of thiophene rings is 1. The average Bonchev–Trinajstić information content (AvgIpc) is 3.56. The number of nitrogens with zero attached hydrogens (tertiary/aromatic N) is 5. The molecule has 0 saturated carbocycles. The van der Waals surface area contributed by atoms with Crippen molar-refractivity contribution in [2.24, 2.45) is 4.99 Å². The van der Waals surface area contributed by atoms with Gasteiger partial charge in [-0.1, -0.05) is 30.3 Å². The van der Waals surface area contributed by atoms with Crippen LogP contribution in [0.5, 0.6) is 0 Å². The van der Waals surface area contributed by atoms with Crippen molar-refractivity contribution in [3.63, 3.8) is 0 Å². The SMILES string of the molecule is CCNC(=NCc1cccc(Cn2cncn2)c1)NCC(c1cccs1)N1CCCC1.I. The van der Waals surface area contributed by atoms with Crippen LogP contribution in [-0.2, 0) is 13.1 Å². The number of nitrogens with one attached hydrogen (secondary N) is 2. The first-order chi connectivity index (χ1) is 15.3. The first-order valence-electron chi connectivity index (χ1n) is 11.0. The molecule has 0 radical (unpaired) electrons. The Morgan fingerprint density at radius 3 is 2.72 bits per heavy atom. The predicted molar refractivity (Wildman–Crippen MR) is 142 cm³/mol. The second-order valence-corrected chi connectivity index (χ2v) is 8.74. The normalized spacial score (nSPS) is 15.3. The van der Waals surface area contributed by atoms with Crippen LogP contribution in [0.25, 0.3) is 0 Å². The zero-order valence-corrected chi connectivity index (χ0v) is 21.6. The van der Waals surface area contributed by atoms with E-state index in [0.29, 0.717) is 19.1 Å². The molecule has 0 amide bonds. The quantitative estimate of drug-likeness (QED) is 0.234. The predicted octanol–water partition coefficient (Wildman–Crippen LogP) is 3.90. The molecular weight excluding hydrogens is 533 g/mol. The summed E-state index contributed by atoms with van der Waals surface area (Å²) in [6, 6.07) is 13.3. The number of aromatic nitrogens is 3. The lowest BCUT2D eigenvalue weighted by molar-refractivity contribution is 0.249. The maximum absolute atomic E-state index is 4.85. The zero-order valence-electron chi connectivity index (χ0n) is 18.5. The van der Waals surface area contributed by atoms with E-state index in [9.17, 15) is 0 Å². The zero-order chi connectivity index (χ0) is 21.3. The van der Waals surface area contributed by atoms with Crippen molar-refractivity contribution < 1.29 is 0 Å². The fraction of sp³-hybridized carbons (Fsp3) is 0.435. The topological polar surface area (TPSA) is 70.4 Å². The number of hydrogen-bond acceptors (Lipinski definition) is 5. The first-order valence-corrected chi connectivity index (χ1v) is 11.9. The second-order valence-electron chi connectivity index (χ2n) is 7.76. The lowest BCUT2D eigenvalue weighted by Gasteiger charge is -2.27. The number of likely N-dealkylation sites (tertiary alicyclic amines) is 1. The van der Waals surface area contributed by atoms with E-state index in [1.54, 1.807) is 12.7 Å². The lowest BCUT2D eigenvalue weighted by atomic mass is 10.1. The van der Waals surface area contributed by atoms with Gasteiger partial charge in [-0.25, -0.2) is 14.7 Å². The molecule has 0 spiro atoms. The Balaban J connectivity index is 0.00000289. The van der Waals surface area contributed by atoms with Gasteiger partial charge in [0, 0.05) is 18.0 Å². The highest BCUT2D eigenvalue weighted by Gasteiger charge is 2.24. The third-order valence-corrected chi connectivity index (χ3v) is 6.46. The highest BCUT2D eigenvalue weighted by molar-refractivity contribution is 14.0. The fourth-order valence-electron chi connectivity index (χ4n) is 3.98. The molecule has 1 aromatic carbocycles. The Kier molecular flexibility index (Phi) is 9.94. The van der Waals surface area contributed by atoms with Crippen LogP contribution in [0.3, 0.4) is 0 Å². The molecule has 1 saturated heterocycles. The highest BCUT2D eigenvalue weighted by Crippen LogP contribution is 2.27. The van der Waals surface area contributed by atoms with Gasteiger partial charge in [0.05, 0.1) is 19.1 Å². The molecule has 7 nitrogen and oxygen atoms in total. The van der Waals surface area contributed by atoms with Gasteiger partial charge in [0.15, 0.2) is 5.96 Å². The van der Waals surface area contributed by atoms with E-state index in [-0.39, 0.29) is 24.0 Å². The molecular formula is C23H32IN7S. The maximum atomic E-state index is 4.85. The number of aliphatic imine (C=N–C) groups is 1. The van der Waals surface area contributed by atoms with E-state index in [1.165, 1.54) is 41.9 Å². The Morgan fingerprint density at radius 1 is 1.16 bits per heavy atom. The summed E-state index contributed by atoms with van der Waals surface area (Å²) in [6.07, 6.45) is 5.89. The summed E-state index contributed by atoms with van der Waals surface area (Å²) < 4.78 is 1.83. The molecule has 0 bridgehead atoms. The largest absolute Gasteiger partial charge is 0.357 e. The van der Waals surface area contributed by atoms with Gasteiger partial charge in [-0.15, -0.1) is 35.3 Å². The van der Waals surface area contributed by atoms with Gasteiger partial charge in [-0.05, 0) is 55.4 Å². The number of benzene rings is 1. The lowest BCUT2D eigenvalue weighted by Crippen LogP contribution is -2.42. The van der Waals surface area contributed by atoms with E-state index in [0.717, 1.165) is 19.0 Å². The third-order valence-electron chi connectivity index (χ3n) is 5.48. The fourth-order valence-corrected chi connectivity index (χ4v) is 4.84. The molecule has 3 aromatic rings. The summed E-state index contributed by atoms with van der Waals surface area (Å²) in [5.41, 5.74) is 2.38. The maximum Gasteiger partial charge on any atom is 0.191 e. The van der Waals surface area contributed by atoms with Gasteiger partial charge in [-0.2, -0.15) is 5.10 Å². The molecule has 172 valence electrons. The van der Waals surface area contributed by atoms with Crippen LogP contribution in [0, 0.1) is 0 Å². The van der Waals surface area contributed by atoms with Gasteiger partial charge in [0.1, 0.15) is 12.7 Å². The first kappa shape index (κ1) is 24.7. The van der Waals surface area contributed by atoms with Crippen LogP contribution in [0.2, 0.25) is 0 Å². The van der Waals surface area contributed by atoms with Crippen molar-refractivity contribution in [2.45, 2.75) is 38.9 Å². The molecule has 2 aromatic heterocycles. The van der Waals surface area contributed by atoms with Crippen molar-refractivity contribution in [1.82, 2.24) is 30.3 Å². The Labute approximate surface area is 211 Å². The van der Waals surface area contributed by atoms with E-state index in [1.807, 2.05) is 16.0 Å². The molecule has 2 N–H and O–H groups in total. The smallest absolute Gasteiger partial charge is 0.191 e. The molecule has 9 heteroatoms. The summed E-state index contributed by atoms with van der Waals surface area (Å²) in [4.78, 5) is 12.9. The van der Waals surface area contributed by atoms with Gasteiger partial charge >= 0.3 is 0 Å². The summed E-state index contributed by atoms with van der Waals surface area (Å²) in [7, 11) is 0. The van der Waals surface area contributed by atoms with Gasteiger partial charge in [0.2, 0.25) is 0 Å². The molecule has 1 aliphatic rings. The van der Waals surface area contributed by atoms with Crippen LogP contribution >= 0.6 is 35.3 Å². The van der Waals surface area contributed by atoms with Crippen LogP contribution in [0.1, 0.15) is 41.8 Å². The number of rotatable bonds is 9.